The Bertz CT molecular complexity index is 391. The molecule has 0 bridgehead atoms. The minimum atomic E-state index is -0.311. The van der Waals surface area contributed by atoms with Crippen molar-refractivity contribution in [2.75, 3.05) is 0 Å². The van der Waals surface area contributed by atoms with Gasteiger partial charge in [0.2, 0.25) is 0 Å². The molecule has 1 atom stereocenters. The van der Waals surface area contributed by atoms with Gasteiger partial charge in [0.05, 0.1) is 4.92 Å². The van der Waals surface area contributed by atoms with E-state index in [0.717, 1.165) is 11.1 Å². The summed E-state index contributed by atoms with van der Waals surface area (Å²) < 4.78 is 0. The zero-order chi connectivity index (χ0) is 12.3. The van der Waals surface area contributed by atoms with Gasteiger partial charge in [0.1, 0.15) is 0 Å². The van der Waals surface area contributed by atoms with Gasteiger partial charge in [-0.1, -0.05) is 41.4 Å². The lowest BCUT2D eigenvalue weighted by Crippen LogP contribution is -2.11. The van der Waals surface area contributed by atoms with E-state index < -0.39 is 0 Å². The number of aryl methyl sites for hydroxylation is 1. The standard InChI is InChI=1S/C12H16BrNO2/c1-8(2)11(13)7-10-6-9(3)4-5-12(10)14(15)16/h4-6,8,11H,7H2,1-3H3. The van der Waals surface area contributed by atoms with Crippen LogP contribution in [0.3, 0.4) is 0 Å². The second kappa shape index (κ2) is 5.43. The molecule has 0 N–H and O–H groups in total. The number of alkyl halides is 1. The topological polar surface area (TPSA) is 43.1 Å². The first kappa shape index (κ1) is 13.2. The van der Waals surface area contributed by atoms with Gasteiger partial charge in [-0.15, -0.1) is 0 Å². The molecule has 1 aromatic rings. The van der Waals surface area contributed by atoms with Gasteiger partial charge in [0.25, 0.3) is 5.69 Å². The molecule has 0 heterocycles. The number of nitro benzene ring substituents is 1. The highest BCUT2D eigenvalue weighted by molar-refractivity contribution is 9.09. The van der Waals surface area contributed by atoms with Crippen LogP contribution in [-0.4, -0.2) is 9.75 Å². The summed E-state index contributed by atoms with van der Waals surface area (Å²) in [5.74, 6) is 0.458. The third kappa shape index (κ3) is 3.30. The molecule has 1 unspecified atom stereocenters. The molecular formula is C12H16BrNO2. The largest absolute Gasteiger partial charge is 0.272 e. The second-order valence-electron chi connectivity index (χ2n) is 4.35. The van der Waals surface area contributed by atoms with Gasteiger partial charge in [-0.05, 0) is 25.3 Å². The van der Waals surface area contributed by atoms with E-state index in [9.17, 15) is 10.1 Å². The van der Waals surface area contributed by atoms with E-state index in [1.54, 1.807) is 12.1 Å². The van der Waals surface area contributed by atoms with Crippen LogP contribution in [0.2, 0.25) is 0 Å². The van der Waals surface area contributed by atoms with Crippen LogP contribution in [0.5, 0.6) is 0 Å². The van der Waals surface area contributed by atoms with Crippen LogP contribution in [0.1, 0.15) is 25.0 Å². The zero-order valence-electron chi connectivity index (χ0n) is 9.74. The minimum Gasteiger partial charge on any atom is -0.258 e. The van der Waals surface area contributed by atoms with E-state index in [2.05, 4.69) is 29.8 Å². The van der Waals surface area contributed by atoms with Gasteiger partial charge < -0.3 is 0 Å². The predicted molar refractivity (Wildman–Crippen MR) is 69.1 cm³/mol. The summed E-state index contributed by atoms with van der Waals surface area (Å²) in [6.45, 7) is 6.15. The SMILES string of the molecule is Cc1ccc([N+](=O)[O-])c(CC(Br)C(C)C)c1. The third-order valence-electron chi connectivity index (χ3n) is 2.57. The van der Waals surface area contributed by atoms with Gasteiger partial charge in [0, 0.05) is 16.5 Å². The number of halogens is 1. The summed E-state index contributed by atoms with van der Waals surface area (Å²) in [7, 11) is 0. The summed E-state index contributed by atoms with van der Waals surface area (Å²) in [6.07, 6.45) is 0.690. The molecule has 0 aromatic heterocycles. The van der Waals surface area contributed by atoms with E-state index in [1.165, 1.54) is 0 Å². The predicted octanol–water partition coefficient (Wildman–Crippen LogP) is 3.87. The summed E-state index contributed by atoms with van der Waals surface area (Å²) in [5, 5.41) is 10.9. The molecule has 0 aliphatic rings. The van der Waals surface area contributed by atoms with Crippen molar-refractivity contribution < 1.29 is 4.92 Å². The van der Waals surface area contributed by atoms with Crippen LogP contribution in [-0.2, 0) is 6.42 Å². The maximum Gasteiger partial charge on any atom is 0.272 e. The fourth-order valence-corrected chi connectivity index (χ4v) is 1.85. The summed E-state index contributed by atoms with van der Waals surface area (Å²) >= 11 is 3.56. The van der Waals surface area contributed by atoms with Crippen molar-refractivity contribution in [2.45, 2.75) is 32.0 Å². The van der Waals surface area contributed by atoms with Gasteiger partial charge in [-0.3, -0.25) is 10.1 Å². The highest BCUT2D eigenvalue weighted by atomic mass is 79.9. The van der Waals surface area contributed by atoms with E-state index in [1.807, 2.05) is 13.0 Å². The minimum absolute atomic E-state index is 0.218. The molecule has 0 aliphatic heterocycles. The number of hydrogen-bond acceptors (Lipinski definition) is 2. The summed E-state index contributed by atoms with van der Waals surface area (Å²) in [4.78, 5) is 10.8. The Morgan fingerprint density at radius 2 is 2.06 bits per heavy atom. The van der Waals surface area contributed by atoms with E-state index in [4.69, 9.17) is 0 Å². The van der Waals surface area contributed by atoms with Crippen molar-refractivity contribution in [2.24, 2.45) is 5.92 Å². The first-order valence-electron chi connectivity index (χ1n) is 5.29. The highest BCUT2D eigenvalue weighted by Crippen LogP contribution is 2.25. The average molecular weight is 286 g/mol. The highest BCUT2D eigenvalue weighted by Gasteiger charge is 2.18. The lowest BCUT2D eigenvalue weighted by atomic mass is 10.00. The van der Waals surface area contributed by atoms with E-state index in [-0.39, 0.29) is 15.4 Å². The van der Waals surface area contributed by atoms with Crippen LogP contribution >= 0.6 is 15.9 Å². The Kier molecular flexibility index (Phi) is 4.47. The Balaban J connectivity index is 3.01. The zero-order valence-corrected chi connectivity index (χ0v) is 11.3. The molecule has 1 rings (SSSR count). The number of hydrogen-bond donors (Lipinski definition) is 0. The normalized spacial score (nSPS) is 12.8. The average Bonchev–Trinajstić information content (AvgIpc) is 2.16. The Morgan fingerprint density at radius 3 is 2.56 bits per heavy atom. The van der Waals surface area contributed by atoms with Crippen molar-refractivity contribution in [3.05, 3.63) is 39.4 Å². The molecule has 0 radical (unpaired) electrons. The van der Waals surface area contributed by atoms with Crippen LogP contribution in [0, 0.1) is 23.0 Å². The van der Waals surface area contributed by atoms with Crippen molar-refractivity contribution in [1.29, 1.82) is 0 Å². The molecule has 88 valence electrons. The Morgan fingerprint density at radius 1 is 1.44 bits per heavy atom. The molecule has 3 nitrogen and oxygen atoms in total. The van der Waals surface area contributed by atoms with Crippen LogP contribution in [0.4, 0.5) is 5.69 Å². The van der Waals surface area contributed by atoms with Crippen molar-refractivity contribution in [3.63, 3.8) is 0 Å². The first-order chi connectivity index (χ1) is 7.41. The number of rotatable bonds is 4. The molecule has 0 spiro atoms. The summed E-state index contributed by atoms with van der Waals surface area (Å²) in [6, 6.07) is 5.26. The molecule has 0 saturated heterocycles. The number of benzene rings is 1. The van der Waals surface area contributed by atoms with Crippen LogP contribution in [0.25, 0.3) is 0 Å². The number of nitro groups is 1. The maximum absolute atomic E-state index is 10.9. The van der Waals surface area contributed by atoms with E-state index in [0.29, 0.717) is 12.3 Å². The quantitative estimate of drug-likeness (QED) is 0.479. The first-order valence-corrected chi connectivity index (χ1v) is 6.21. The Labute approximate surface area is 104 Å². The van der Waals surface area contributed by atoms with Crippen molar-refractivity contribution in [3.8, 4) is 0 Å². The molecular weight excluding hydrogens is 270 g/mol. The fraction of sp³-hybridized carbons (Fsp3) is 0.500. The van der Waals surface area contributed by atoms with Crippen LogP contribution < -0.4 is 0 Å². The monoisotopic (exact) mass is 285 g/mol. The molecule has 16 heavy (non-hydrogen) atoms. The smallest absolute Gasteiger partial charge is 0.258 e. The fourth-order valence-electron chi connectivity index (χ4n) is 1.50. The Hall–Kier alpha value is -0.900. The maximum atomic E-state index is 10.9. The van der Waals surface area contributed by atoms with E-state index >= 15 is 0 Å². The van der Waals surface area contributed by atoms with Gasteiger partial charge in [0.15, 0.2) is 0 Å². The molecule has 0 fully saturated rings. The van der Waals surface area contributed by atoms with Gasteiger partial charge >= 0.3 is 0 Å². The molecule has 0 amide bonds. The molecule has 1 aromatic carbocycles. The second-order valence-corrected chi connectivity index (χ2v) is 5.53. The summed E-state index contributed by atoms with van der Waals surface area (Å²) in [5.41, 5.74) is 2.08. The molecule has 0 aliphatic carbocycles. The lowest BCUT2D eigenvalue weighted by Gasteiger charge is -2.13. The van der Waals surface area contributed by atoms with Gasteiger partial charge in [-0.2, -0.15) is 0 Å². The van der Waals surface area contributed by atoms with Crippen molar-refractivity contribution >= 4 is 21.6 Å². The number of nitrogens with zero attached hydrogens (tertiary/aromatic N) is 1. The molecule has 0 saturated carbocycles. The van der Waals surface area contributed by atoms with Gasteiger partial charge in [-0.25, -0.2) is 0 Å². The lowest BCUT2D eigenvalue weighted by molar-refractivity contribution is -0.385. The molecule has 4 heteroatoms. The van der Waals surface area contributed by atoms with Crippen LogP contribution in [0.15, 0.2) is 18.2 Å². The van der Waals surface area contributed by atoms with Crippen molar-refractivity contribution in [1.82, 2.24) is 0 Å². The third-order valence-corrected chi connectivity index (χ3v) is 3.95.